The molecule has 2 aromatic heterocycles. The van der Waals surface area contributed by atoms with Crippen molar-refractivity contribution < 1.29 is 0 Å². The molecule has 0 saturated carbocycles. The number of nitrogens with two attached hydrogens (primary N) is 2. The fourth-order valence-electron chi connectivity index (χ4n) is 2.41. The summed E-state index contributed by atoms with van der Waals surface area (Å²) in [7, 11) is 0. The zero-order valence-corrected chi connectivity index (χ0v) is 14.4. The Morgan fingerprint density at radius 3 is 2.70 bits per heavy atom. The van der Waals surface area contributed by atoms with E-state index in [9.17, 15) is 0 Å². The van der Waals surface area contributed by atoms with E-state index < -0.39 is 0 Å². The van der Waals surface area contributed by atoms with Gasteiger partial charge in [0.15, 0.2) is 5.82 Å². The summed E-state index contributed by atoms with van der Waals surface area (Å²) in [4.78, 5) is 15.9. The van der Waals surface area contributed by atoms with E-state index in [1.165, 1.54) is 11.8 Å². The van der Waals surface area contributed by atoms with Gasteiger partial charge in [-0.15, -0.1) is 0 Å². The maximum Gasteiger partial charge on any atom is 0.158 e. The zero-order valence-electron chi connectivity index (χ0n) is 12.9. The molecule has 23 heavy (non-hydrogen) atoms. The van der Waals surface area contributed by atoms with Crippen LogP contribution in [0.3, 0.4) is 0 Å². The topological polar surface area (TPSA) is 94.0 Å². The van der Waals surface area contributed by atoms with Crippen molar-refractivity contribution in [3.8, 4) is 0 Å². The van der Waals surface area contributed by atoms with Crippen LogP contribution in [0.1, 0.15) is 19.8 Å². The largest absolute Gasteiger partial charge is 0.381 e. The van der Waals surface area contributed by atoms with Crippen LogP contribution in [0.15, 0.2) is 34.6 Å². The van der Waals surface area contributed by atoms with Gasteiger partial charge in [-0.3, -0.25) is 4.98 Å². The molecule has 8 heteroatoms. The third-order valence-electron chi connectivity index (χ3n) is 3.92. The number of piperidine rings is 1. The maximum absolute atomic E-state index is 6.16. The van der Waals surface area contributed by atoms with Crippen molar-refractivity contribution in [1.29, 1.82) is 0 Å². The van der Waals surface area contributed by atoms with Gasteiger partial charge >= 0.3 is 0 Å². The van der Waals surface area contributed by atoms with Crippen molar-refractivity contribution in [2.24, 2.45) is 5.73 Å². The molecule has 0 aliphatic carbocycles. The van der Waals surface area contributed by atoms with E-state index in [-0.39, 0.29) is 5.54 Å². The number of hydrogen-bond acceptors (Lipinski definition) is 7. The Labute approximate surface area is 144 Å². The predicted molar refractivity (Wildman–Crippen MR) is 93.9 cm³/mol. The summed E-state index contributed by atoms with van der Waals surface area (Å²) < 4.78 is 0. The van der Waals surface area contributed by atoms with Crippen molar-refractivity contribution in [2.75, 3.05) is 23.7 Å². The predicted octanol–water partition coefficient (Wildman–Crippen LogP) is 2.58. The van der Waals surface area contributed by atoms with Gasteiger partial charge in [-0.2, -0.15) is 0 Å². The van der Waals surface area contributed by atoms with Crippen molar-refractivity contribution in [1.82, 2.24) is 15.0 Å². The molecule has 1 aliphatic rings. The highest BCUT2D eigenvalue weighted by atomic mass is 35.5. The molecule has 4 N–H and O–H groups in total. The highest BCUT2D eigenvalue weighted by molar-refractivity contribution is 7.99. The Balaban J connectivity index is 1.75. The van der Waals surface area contributed by atoms with Crippen LogP contribution < -0.4 is 16.4 Å². The van der Waals surface area contributed by atoms with E-state index >= 15 is 0 Å². The Bertz CT molecular complexity index is 698. The standard InChI is InChI=1S/C15H19ClN6S/c1-15(18)3-6-22(7-4-15)12-9-20-14(13(17)21-12)23-11-2-5-19-8-10(11)16/h2,5,8-9H,3-4,6-7,18H2,1H3,(H2,17,21). The first-order chi connectivity index (χ1) is 10.9. The number of anilines is 2. The Morgan fingerprint density at radius 1 is 1.30 bits per heavy atom. The lowest BCUT2D eigenvalue weighted by atomic mass is 9.91. The first-order valence-corrected chi connectivity index (χ1v) is 8.58. The molecule has 0 spiro atoms. The molecule has 2 aromatic rings. The van der Waals surface area contributed by atoms with Gasteiger partial charge in [0.2, 0.25) is 0 Å². The van der Waals surface area contributed by atoms with Gasteiger partial charge in [0.25, 0.3) is 0 Å². The molecule has 1 saturated heterocycles. The third kappa shape index (κ3) is 3.85. The summed E-state index contributed by atoms with van der Waals surface area (Å²) in [5.74, 6) is 1.20. The second-order valence-corrected chi connectivity index (χ2v) is 7.41. The SMILES string of the molecule is CC1(N)CCN(c2cnc(Sc3ccncc3Cl)c(N)n2)CC1. The molecule has 3 heterocycles. The number of nitrogen functional groups attached to an aromatic ring is 1. The van der Waals surface area contributed by atoms with Gasteiger partial charge in [-0.1, -0.05) is 23.4 Å². The Hall–Kier alpha value is -1.57. The Morgan fingerprint density at radius 2 is 2.04 bits per heavy atom. The number of hydrogen-bond donors (Lipinski definition) is 2. The van der Waals surface area contributed by atoms with Gasteiger partial charge in [-0.25, -0.2) is 9.97 Å². The number of nitrogens with zero attached hydrogens (tertiary/aromatic N) is 4. The molecule has 3 rings (SSSR count). The van der Waals surface area contributed by atoms with Gasteiger partial charge in [0.1, 0.15) is 10.8 Å². The summed E-state index contributed by atoms with van der Waals surface area (Å²) >= 11 is 7.50. The lowest BCUT2D eigenvalue weighted by molar-refractivity contribution is 0.363. The molecule has 0 radical (unpaired) electrons. The number of aromatic nitrogens is 3. The molecule has 6 nitrogen and oxygen atoms in total. The first kappa shape index (κ1) is 16.3. The lowest BCUT2D eigenvalue weighted by Gasteiger charge is -2.37. The lowest BCUT2D eigenvalue weighted by Crippen LogP contribution is -2.48. The molecule has 0 unspecified atom stereocenters. The van der Waals surface area contributed by atoms with Gasteiger partial charge in [-0.05, 0) is 25.8 Å². The minimum absolute atomic E-state index is 0.0939. The molecular formula is C15H19ClN6S. The summed E-state index contributed by atoms with van der Waals surface area (Å²) in [6.45, 7) is 3.82. The van der Waals surface area contributed by atoms with Crippen molar-refractivity contribution >= 4 is 35.0 Å². The van der Waals surface area contributed by atoms with E-state index in [2.05, 4.69) is 26.8 Å². The normalized spacial score (nSPS) is 17.3. The van der Waals surface area contributed by atoms with Crippen molar-refractivity contribution in [2.45, 2.75) is 35.2 Å². The van der Waals surface area contributed by atoms with Crippen LogP contribution in [0.25, 0.3) is 0 Å². The van der Waals surface area contributed by atoms with Crippen molar-refractivity contribution in [3.63, 3.8) is 0 Å². The van der Waals surface area contributed by atoms with E-state index in [0.717, 1.165) is 36.6 Å². The number of halogens is 1. The smallest absolute Gasteiger partial charge is 0.158 e. The molecule has 1 fully saturated rings. The monoisotopic (exact) mass is 350 g/mol. The minimum atomic E-state index is -0.0939. The first-order valence-electron chi connectivity index (χ1n) is 7.38. The van der Waals surface area contributed by atoms with Crippen LogP contribution in [-0.4, -0.2) is 33.6 Å². The van der Waals surface area contributed by atoms with Crippen molar-refractivity contribution in [3.05, 3.63) is 29.7 Å². The maximum atomic E-state index is 6.16. The second kappa shape index (κ2) is 6.51. The fourth-order valence-corrected chi connectivity index (χ4v) is 3.39. The minimum Gasteiger partial charge on any atom is -0.381 e. The quantitative estimate of drug-likeness (QED) is 0.878. The van der Waals surface area contributed by atoms with Crippen LogP contribution in [0.2, 0.25) is 5.02 Å². The molecule has 0 bridgehead atoms. The molecule has 0 atom stereocenters. The summed E-state index contributed by atoms with van der Waals surface area (Å²) in [5.41, 5.74) is 12.1. The van der Waals surface area contributed by atoms with E-state index in [4.69, 9.17) is 23.1 Å². The molecular weight excluding hydrogens is 332 g/mol. The molecule has 0 amide bonds. The average molecular weight is 351 g/mol. The third-order valence-corrected chi connectivity index (χ3v) is 5.42. The highest BCUT2D eigenvalue weighted by Crippen LogP contribution is 2.34. The summed E-state index contributed by atoms with van der Waals surface area (Å²) in [5, 5.41) is 1.21. The van der Waals surface area contributed by atoms with Gasteiger partial charge in [0.05, 0.1) is 11.2 Å². The van der Waals surface area contributed by atoms with Crippen LogP contribution in [0, 0.1) is 0 Å². The van der Waals surface area contributed by atoms with Gasteiger partial charge in [0, 0.05) is 35.9 Å². The van der Waals surface area contributed by atoms with Crippen LogP contribution in [0.5, 0.6) is 0 Å². The zero-order chi connectivity index (χ0) is 16.4. The molecule has 1 aliphatic heterocycles. The second-order valence-electron chi connectivity index (χ2n) is 5.97. The highest BCUT2D eigenvalue weighted by Gasteiger charge is 2.26. The van der Waals surface area contributed by atoms with Crippen LogP contribution in [-0.2, 0) is 0 Å². The van der Waals surface area contributed by atoms with E-state index in [1.54, 1.807) is 18.6 Å². The molecule has 0 aromatic carbocycles. The Kier molecular flexibility index (Phi) is 4.61. The fraction of sp³-hybridized carbons (Fsp3) is 0.400. The average Bonchev–Trinajstić information content (AvgIpc) is 2.51. The molecule has 122 valence electrons. The number of pyridine rings is 1. The van der Waals surface area contributed by atoms with E-state index in [0.29, 0.717) is 15.9 Å². The van der Waals surface area contributed by atoms with Gasteiger partial charge < -0.3 is 16.4 Å². The van der Waals surface area contributed by atoms with Crippen LogP contribution >= 0.6 is 23.4 Å². The van der Waals surface area contributed by atoms with Crippen LogP contribution in [0.4, 0.5) is 11.6 Å². The summed E-state index contributed by atoms with van der Waals surface area (Å²) in [6, 6.07) is 1.83. The number of rotatable bonds is 3. The van der Waals surface area contributed by atoms with E-state index in [1.807, 2.05) is 6.07 Å². The summed E-state index contributed by atoms with van der Waals surface area (Å²) in [6.07, 6.45) is 6.89.